The maximum Gasteiger partial charge on any atom is 0.221 e. The van der Waals surface area contributed by atoms with Gasteiger partial charge in [-0.2, -0.15) is 0 Å². The number of carbonyl (C=O) groups is 1. The largest absolute Gasteiger partial charge is 0.369 e. The Hall–Kier alpha value is -2.33. The fourth-order valence-electron chi connectivity index (χ4n) is 4.85. The van der Waals surface area contributed by atoms with Crippen LogP contribution in [-0.4, -0.2) is 56.0 Å². The minimum Gasteiger partial charge on any atom is -0.369 e. The zero-order valence-corrected chi connectivity index (χ0v) is 22.3. The second-order valence-electron chi connectivity index (χ2n) is 9.13. The lowest BCUT2D eigenvalue weighted by molar-refractivity contribution is -0.123. The summed E-state index contributed by atoms with van der Waals surface area (Å²) in [6.07, 6.45) is 3.03. The topological polar surface area (TPSA) is 86.0 Å². The van der Waals surface area contributed by atoms with Gasteiger partial charge in [-0.15, -0.1) is 24.0 Å². The molecule has 4 N–H and O–H groups in total. The van der Waals surface area contributed by atoms with E-state index in [0.29, 0.717) is 12.6 Å². The molecule has 2 aromatic rings. The molecule has 1 amide bonds. The molecule has 4 rings (SSSR count). The molecule has 0 radical (unpaired) electrons. The monoisotopic (exact) mass is 576 g/mol. The number of hydrogen-bond donors (Lipinski definition) is 3. The average molecular weight is 577 g/mol. The molecule has 2 atom stereocenters. The molecule has 2 saturated heterocycles. The maximum absolute atomic E-state index is 11.6. The van der Waals surface area contributed by atoms with Gasteiger partial charge in [-0.1, -0.05) is 42.5 Å². The van der Waals surface area contributed by atoms with Gasteiger partial charge >= 0.3 is 0 Å². The van der Waals surface area contributed by atoms with E-state index in [1.54, 1.807) is 0 Å². The summed E-state index contributed by atoms with van der Waals surface area (Å²) in [4.78, 5) is 20.7. The van der Waals surface area contributed by atoms with Gasteiger partial charge in [0.2, 0.25) is 5.91 Å². The quantitative estimate of drug-likeness (QED) is 0.268. The lowest BCUT2D eigenvalue weighted by atomic mass is 9.97. The van der Waals surface area contributed by atoms with Crippen LogP contribution in [0.2, 0.25) is 0 Å². The number of likely N-dealkylation sites (tertiary alicyclic amines) is 1. The minimum atomic E-state index is -0.175. The smallest absolute Gasteiger partial charge is 0.221 e. The van der Waals surface area contributed by atoms with E-state index in [0.717, 1.165) is 57.9 Å². The molecule has 0 bridgehead atoms. The number of hydrogen-bond acceptors (Lipinski definition) is 4. The van der Waals surface area contributed by atoms with E-state index in [2.05, 4.69) is 80.0 Å². The number of nitrogens with two attached hydrogens (primary N) is 1. The number of halogens is 1. The fraction of sp³-hybridized carbons (Fsp3) is 0.462. The van der Waals surface area contributed by atoms with Crippen LogP contribution in [0.3, 0.4) is 0 Å². The minimum absolute atomic E-state index is 0. The highest BCUT2D eigenvalue weighted by Gasteiger charge is 2.24. The number of benzene rings is 2. The third-order valence-electron chi connectivity index (χ3n) is 6.64. The Morgan fingerprint density at radius 1 is 1.06 bits per heavy atom. The number of piperidine rings is 1. The zero-order chi connectivity index (χ0) is 23.0. The van der Waals surface area contributed by atoms with Crippen molar-refractivity contribution in [3.63, 3.8) is 0 Å². The van der Waals surface area contributed by atoms with Crippen LogP contribution in [0.15, 0.2) is 59.6 Å². The van der Waals surface area contributed by atoms with Crippen molar-refractivity contribution in [3.8, 4) is 0 Å². The number of rotatable bonds is 7. The molecular weight excluding hydrogens is 539 g/mol. The van der Waals surface area contributed by atoms with Crippen molar-refractivity contribution in [3.05, 3.63) is 65.7 Å². The standard InChI is InChI=1S/C26H36N6O.HI/c1-28-26(30-23-12-14-32(19-23)24-10-3-2-4-11-24)29-16-20-7-5-8-21(15-20)17-31-13-6-9-22(18-31)25(27)33;/h2-5,7-8,10-11,15,22-23H,6,9,12-14,16-19H2,1H3,(H2,27,33)(H2,28,29,30);1H. The van der Waals surface area contributed by atoms with Gasteiger partial charge in [0.05, 0.1) is 5.92 Å². The summed E-state index contributed by atoms with van der Waals surface area (Å²) in [6, 6.07) is 19.6. The zero-order valence-electron chi connectivity index (χ0n) is 20.0. The average Bonchev–Trinajstić information content (AvgIpc) is 3.31. The summed E-state index contributed by atoms with van der Waals surface area (Å²) >= 11 is 0. The molecule has 0 spiro atoms. The Labute approximate surface area is 220 Å². The Morgan fingerprint density at radius 3 is 2.62 bits per heavy atom. The van der Waals surface area contributed by atoms with E-state index in [1.165, 1.54) is 16.8 Å². The van der Waals surface area contributed by atoms with E-state index < -0.39 is 0 Å². The summed E-state index contributed by atoms with van der Waals surface area (Å²) in [6.45, 7) is 5.37. The molecule has 2 fully saturated rings. The highest BCUT2D eigenvalue weighted by Crippen LogP contribution is 2.20. The van der Waals surface area contributed by atoms with Crippen LogP contribution < -0.4 is 21.3 Å². The summed E-state index contributed by atoms with van der Waals surface area (Å²) in [5.74, 6) is 0.637. The van der Waals surface area contributed by atoms with Gasteiger partial charge in [0.1, 0.15) is 0 Å². The van der Waals surface area contributed by atoms with Crippen LogP contribution in [0.5, 0.6) is 0 Å². The van der Waals surface area contributed by atoms with Gasteiger partial charge < -0.3 is 21.3 Å². The molecule has 2 aliphatic heterocycles. The third kappa shape index (κ3) is 7.33. The fourth-order valence-corrected chi connectivity index (χ4v) is 4.85. The first-order valence-corrected chi connectivity index (χ1v) is 12.0. The van der Waals surface area contributed by atoms with Crippen molar-refractivity contribution in [1.82, 2.24) is 15.5 Å². The second kappa shape index (κ2) is 12.9. The van der Waals surface area contributed by atoms with Crippen molar-refractivity contribution in [2.75, 3.05) is 38.1 Å². The SMILES string of the molecule is CN=C(NCc1cccc(CN2CCCC(C(N)=O)C2)c1)NC1CCN(c2ccccc2)C1.I. The second-order valence-corrected chi connectivity index (χ2v) is 9.13. The molecule has 8 heteroatoms. The molecule has 2 heterocycles. The maximum atomic E-state index is 11.6. The molecule has 2 unspecified atom stereocenters. The van der Waals surface area contributed by atoms with Crippen LogP contribution in [-0.2, 0) is 17.9 Å². The summed E-state index contributed by atoms with van der Waals surface area (Å²) < 4.78 is 0. The Bertz CT molecular complexity index is 953. The predicted octanol–water partition coefficient (Wildman–Crippen LogP) is 2.95. The van der Waals surface area contributed by atoms with Gasteiger partial charge in [-0.25, -0.2) is 0 Å². The molecule has 2 aromatic carbocycles. The number of para-hydroxylation sites is 1. The molecule has 0 aromatic heterocycles. The number of aliphatic imine (C=N–C) groups is 1. The van der Waals surface area contributed by atoms with Crippen molar-refractivity contribution >= 4 is 41.5 Å². The van der Waals surface area contributed by atoms with Gasteiger partial charge in [-0.3, -0.25) is 14.7 Å². The van der Waals surface area contributed by atoms with Crippen molar-refractivity contribution in [1.29, 1.82) is 0 Å². The lowest BCUT2D eigenvalue weighted by Gasteiger charge is -2.31. The van der Waals surface area contributed by atoms with E-state index >= 15 is 0 Å². The van der Waals surface area contributed by atoms with Gasteiger partial charge in [0, 0.05) is 51.5 Å². The highest BCUT2D eigenvalue weighted by atomic mass is 127. The first-order valence-electron chi connectivity index (χ1n) is 12.0. The number of primary amides is 1. The van der Waals surface area contributed by atoms with Crippen molar-refractivity contribution in [2.45, 2.75) is 38.4 Å². The Morgan fingerprint density at radius 2 is 1.85 bits per heavy atom. The van der Waals surface area contributed by atoms with Crippen molar-refractivity contribution < 1.29 is 4.79 Å². The van der Waals surface area contributed by atoms with Gasteiger partial charge in [0.25, 0.3) is 0 Å². The van der Waals surface area contributed by atoms with Crippen molar-refractivity contribution in [2.24, 2.45) is 16.6 Å². The number of nitrogens with zero attached hydrogens (tertiary/aromatic N) is 3. The molecule has 184 valence electrons. The third-order valence-corrected chi connectivity index (χ3v) is 6.64. The van der Waals surface area contributed by atoms with Gasteiger partial charge in [-0.05, 0) is 49.1 Å². The first kappa shape index (κ1) is 26.3. The van der Waals surface area contributed by atoms with E-state index in [9.17, 15) is 4.79 Å². The number of anilines is 1. The molecular formula is C26H37IN6O. The van der Waals surface area contributed by atoms with Crippen LogP contribution in [0.4, 0.5) is 5.69 Å². The summed E-state index contributed by atoms with van der Waals surface area (Å²) in [5.41, 5.74) is 9.28. The lowest BCUT2D eigenvalue weighted by Crippen LogP contribution is -2.44. The Kier molecular flexibility index (Phi) is 10.0. The van der Waals surface area contributed by atoms with E-state index in [1.807, 2.05) is 7.05 Å². The number of carbonyl (C=O) groups excluding carboxylic acids is 1. The van der Waals surface area contributed by atoms with Crippen LogP contribution in [0.1, 0.15) is 30.4 Å². The Balaban J connectivity index is 0.00000324. The number of guanidine groups is 1. The highest BCUT2D eigenvalue weighted by molar-refractivity contribution is 14.0. The molecule has 0 saturated carbocycles. The van der Waals surface area contributed by atoms with Crippen LogP contribution in [0.25, 0.3) is 0 Å². The molecule has 34 heavy (non-hydrogen) atoms. The number of nitrogens with one attached hydrogen (secondary N) is 2. The van der Waals surface area contributed by atoms with E-state index in [-0.39, 0.29) is 35.8 Å². The normalized spacial score (nSPS) is 21.1. The molecule has 0 aliphatic carbocycles. The van der Waals surface area contributed by atoms with Crippen LogP contribution >= 0.6 is 24.0 Å². The number of amides is 1. The molecule has 7 nitrogen and oxygen atoms in total. The summed E-state index contributed by atoms with van der Waals surface area (Å²) in [5, 5.41) is 7.04. The summed E-state index contributed by atoms with van der Waals surface area (Å²) in [7, 11) is 1.82. The van der Waals surface area contributed by atoms with Gasteiger partial charge in [0.15, 0.2) is 5.96 Å². The van der Waals surface area contributed by atoms with Crippen LogP contribution in [0, 0.1) is 5.92 Å². The first-order chi connectivity index (χ1) is 16.1. The molecule has 2 aliphatic rings. The van der Waals surface area contributed by atoms with E-state index in [4.69, 9.17) is 5.73 Å². The predicted molar refractivity (Wildman–Crippen MR) is 149 cm³/mol.